The highest BCUT2D eigenvalue weighted by Gasteiger charge is 2.14. The second kappa shape index (κ2) is 6.35. The molecule has 2 rings (SSSR count). The van der Waals surface area contributed by atoms with E-state index in [1.807, 2.05) is 23.7 Å². The van der Waals surface area contributed by atoms with Crippen molar-refractivity contribution in [1.29, 1.82) is 0 Å². The number of nitrogens with two attached hydrogens (primary N) is 1. The molecule has 0 aliphatic heterocycles. The van der Waals surface area contributed by atoms with Crippen LogP contribution in [0.15, 0.2) is 16.6 Å². The lowest BCUT2D eigenvalue weighted by Crippen LogP contribution is -2.05. The van der Waals surface area contributed by atoms with E-state index < -0.39 is 0 Å². The molecule has 0 fully saturated rings. The van der Waals surface area contributed by atoms with Gasteiger partial charge in [0.25, 0.3) is 0 Å². The first-order valence-electron chi connectivity index (χ1n) is 6.81. The maximum Gasteiger partial charge on any atom is 0.182 e. The molecule has 5 nitrogen and oxygen atoms in total. The summed E-state index contributed by atoms with van der Waals surface area (Å²) in [6.45, 7) is 7.26. The summed E-state index contributed by atoms with van der Waals surface area (Å²) in [5, 5.41) is 12.0. The molecule has 0 saturated heterocycles. The maximum absolute atomic E-state index is 6.01. The molecule has 0 aliphatic carbocycles. The van der Waals surface area contributed by atoms with Crippen LogP contribution in [-0.2, 0) is 6.54 Å². The quantitative estimate of drug-likeness (QED) is 0.848. The molecule has 0 bridgehead atoms. The Morgan fingerprint density at radius 1 is 1.35 bits per heavy atom. The summed E-state index contributed by atoms with van der Waals surface area (Å²) in [4.78, 5) is 0. The first-order valence-corrected chi connectivity index (χ1v) is 7.60. The highest BCUT2D eigenvalue weighted by molar-refractivity contribution is 9.10. The average molecular weight is 338 g/mol. The van der Waals surface area contributed by atoms with Crippen molar-refractivity contribution in [3.05, 3.63) is 22.2 Å². The van der Waals surface area contributed by atoms with E-state index >= 15 is 0 Å². The highest BCUT2D eigenvalue weighted by Crippen LogP contribution is 2.29. The normalized spacial score (nSPS) is 11.2. The Bertz CT molecular complexity index is 591. The van der Waals surface area contributed by atoms with Crippen LogP contribution in [0.1, 0.15) is 32.3 Å². The number of aromatic nitrogens is 4. The van der Waals surface area contributed by atoms with Crippen LogP contribution in [0, 0.1) is 12.8 Å². The first-order chi connectivity index (χ1) is 9.49. The van der Waals surface area contributed by atoms with Crippen LogP contribution in [0.2, 0.25) is 0 Å². The predicted octanol–water partition coefficient (Wildman–Crippen LogP) is 3.43. The lowest BCUT2D eigenvalue weighted by atomic mass is 10.1. The molecule has 1 aromatic heterocycles. The third kappa shape index (κ3) is 3.36. The Hall–Kier alpha value is -1.43. The molecule has 20 heavy (non-hydrogen) atoms. The van der Waals surface area contributed by atoms with Gasteiger partial charge in [0.05, 0.1) is 0 Å². The van der Waals surface area contributed by atoms with Gasteiger partial charge in [0.15, 0.2) is 5.82 Å². The van der Waals surface area contributed by atoms with Gasteiger partial charge in [-0.2, -0.15) is 0 Å². The molecule has 2 N–H and O–H groups in total. The largest absolute Gasteiger partial charge is 0.398 e. The second-order valence-corrected chi connectivity index (χ2v) is 6.34. The zero-order valence-corrected chi connectivity index (χ0v) is 13.7. The summed E-state index contributed by atoms with van der Waals surface area (Å²) in [5.41, 5.74) is 8.74. The Morgan fingerprint density at radius 3 is 2.80 bits per heavy atom. The summed E-state index contributed by atoms with van der Waals surface area (Å²) in [6, 6.07) is 3.90. The number of anilines is 1. The minimum absolute atomic E-state index is 0.693. The van der Waals surface area contributed by atoms with Gasteiger partial charge >= 0.3 is 0 Å². The standard InChI is InChI=1S/C14H20BrN5/c1-9(2)5-4-6-20-14(17-18-19-20)12-7-11(15)8-13(16)10(12)3/h7-9H,4-6,16H2,1-3H3. The molecule has 0 unspecified atom stereocenters. The lowest BCUT2D eigenvalue weighted by molar-refractivity contribution is 0.485. The maximum atomic E-state index is 6.01. The number of rotatable bonds is 5. The SMILES string of the molecule is Cc1c(N)cc(Br)cc1-c1nnnn1CCCC(C)C. The monoisotopic (exact) mass is 337 g/mol. The van der Waals surface area contributed by atoms with E-state index in [0.29, 0.717) is 5.92 Å². The van der Waals surface area contributed by atoms with Gasteiger partial charge in [-0.3, -0.25) is 0 Å². The number of halogens is 1. The van der Waals surface area contributed by atoms with Crippen LogP contribution in [-0.4, -0.2) is 20.2 Å². The van der Waals surface area contributed by atoms with Gasteiger partial charge in [-0.1, -0.05) is 29.8 Å². The van der Waals surface area contributed by atoms with Crippen LogP contribution in [0.25, 0.3) is 11.4 Å². The van der Waals surface area contributed by atoms with Crippen molar-refractivity contribution >= 4 is 21.6 Å². The predicted molar refractivity (Wildman–Crippen MR) is 84.2 cm³/mol. The van der Waals surface area contributed by atoms with Crippen molar-refractivity contribution in [3.8, 4) is 11.4 Å². The number of benzene rings is 1. The minimum atomic E-state index is 0.693. The van der Waals surface area contributed by atoms with Crippen LogP contribution in [0.3, 0.4) is 0 Å². The number of tetrazole rings is 1. The molecule has 0 saturated carbocycles. The molecule has 0 amide bonds. The van der Waals surface area contributed by atoms with Crippen molar-refractivity contribution in [2.24, 2.45) is 5.92 Å². The molecule has 1 aromatic carbocycles. The minimum Gasteiger partial charge on any atom is -0.398 e. The Labute approximate surface area is 127 Å². The Morgan fingerprint density at radius 2 is 2.10 bits per heavy atom. The van der Waals surface area contributed by atoms with E-state index in [4.69, 9.17) is 5.73 Å². The van der Waals surface area contributed by atoms with E-state index in [9.17, 15) is 0 Å². The number of nitrogen functional groups attached to an aromatic ring is 1. The van der Waals surface area contributed by atoms with E-state index in [1.165, 1.54) is 6.42 Å². The summed E-state index contributed by atoms with van der Waals surface area (Å²) < 4.78 is 2.80. The summed E-state index contributed by atoms with van der Waals surface area (Å²) in [7, 11) is 0. The van der Waals surface area contributed by atoms with Gasteiger partial charge in [0, 0.05) is 22.3 Å². The van der Waals surface area contributed by atoms with Crippen molar-refractivity contribution in [1.82, 2.24) is 20.2 Å². The van der Waals surface area contributed by atoms with Crippen molar-refractivity contribution < 1.29 is 0 Å². The van der Waals surface area contributed by atoms with Gasteiger partial charge in [-0.05, 0) is 53.8 Å². The molecule has 0 aliphatic rings. The first kappa shape index (κ1) is 15.0. The molecule has 2 aromatic rings. The summed E-state index contributed by atoms with van der Waals surface area (Å²) in [5.74, 6) is 1.47. The average Bonchev–Trinajstić information content (AvgIpc) is 2.81. The van der Waals surface area contributed by atoms with E-state index in [2.05, 4.69) is 45.3 Å². The summed E-state index contributed by atoms with van der Waals surface area (Å²) in [6.07, 6.45) is 2.23. The highest BCUT2D eigenvalue weighted by atomic mass is 79.9. The van der Waals surface area contributed by atoms with Crippen LogP contribution in [0.5, 0.6) is 0 Å². The van der Waals surface area contributed by atoms with E-state index in [1.54, 1.807) is 0 Å². The van der Waals surface area contributed by atoms with Crippen LogP contribution in [0.4, 0.5) is 5.69 Å². The molecule has 1 heterocycles. The number of aryl methyl sites for hydroxylation is 1. The molecule has 108 valence electrons. The van der Waals surface area contributed by atoms with Gasteiger partial charge in [-0.25, -0.2) is 4.68 Å². The Kier molecular flexibility index (Phi) is 4.75. The van der Waals surface area contributed by atoms with Crippen LogP contribution >= 0.6 is 15.9 Å². The molecular weight excluding hydrogens is 318 g/mol. The molecule has 0 radical (unpaired) electrons. The number of hydrogen-bond acceptors (Lipinski definition) is 4. The number of hydrogen-bond donors (Lipinski definition) is 1. The van der Waals surface area contributed by atoms with Gasteiger partial charge < -0.3 is 5.73 Å². The molecule has 6 heteroatoms. The molecule has 0 atom stereocenters. The van der Waals surface area contributed by atoms with Gasteiger partial charge in [0.1, 0.15) is 0 Å². The fraction of sp³-hybridized carbons (Fsp3) is 0.500. The third-order valence-corrected chi connectivity index (χ3v) is 3.79. The van der Waals surface area contributed by atoms with Crippen molar-refractivity contribution in [2.75, 3.05) is 5.73 Å². The smallest absolute Gasteiger partial charge is 0.182 e. The van der Waals surface area contributed by atoms with E-state index in [0.717, 1.165) is 40.1 Å². The fourth-order valence-electron chi connectivity index (χ4n) is 2.13. The topological polar surface area (TPSA) is 69.6 Å². The number of nitrogens with zero attached hydrogens (tertiary/aromatic N) is 4. The molecule has 0 spiro atoms. The van der Waals surface area contributed by atoms with E-state index in [-0.39, 0.29) is 0 Å². The molecular formula is C14H20BrN5. The summed E-state index contributed by atoms with van der Waals surface area (Å²) >= 11 is 3.47. The lowest BCUT2D eigenvalue weighted by Gasteiger charge is -2.10. The zero-order valence-electron chi connectivity index (χ0n) is 12.1. The second-order valence-electron chi connectivity index (χ2n) is 5.43. The zero-order chi connectivity index (χ0) is 14.7. The van der Waals surface area contributed by atoms with Crippen LogP contribution < -0.4 is 5.73 Å². The Balaban J connectivity index is 2.28. The van der Waals surface area contributed by atoms with Crippen molar-refractivity contribution in [2.45, 2.75) is 40.2 Å². The third-order valence-electron chi connectivity index (χ3n) is 3.34. The fourth-order valence-corrected chi connectivity index (χ4v) is 2.61. The van der Waals surface area contributed by atoms with Crippen molar-refractivity contribution in [3.63, 3.8) is 0 Å². The van der Waals surface area contributed by atoms with Gasteiger partial charge in [0.2, 0.25) is 0 Å². The van der Waals surface area contributed by atoms with Gasteiger partial charge in [-0.15, -0.1) is 5.10 Å².